The van der Waals surface area contributed by atoms with Crippen molar-refractivity contribution in [1.82, 2.24) is 0 Å². The summed E-state index contributed by atoms with van der Waals surface area (Å²) >= 11 is 0. The lowest BCUT2D eigenvalue weighted by Crippen LogP contribution is -2.33. The average molecular weight is 543 g/mol. The Morgan fingerprint density at radius 2 is 0.950 bits per heavy atom. The van der Waals surface area contributed by atoms with E-state index in [9.17, 15) is 19.8 Å². The van der Waals surface area contributed by atoms with Gasteiger partial charge in [-0.05, 0) is 66.5 Å². The van der Waals surface area contributed by atoms with Gasteiger partial charge in [0.25, 0.3) is 0 Å². The van der Waals surface area contributed by atoms with Gasteiger partial charge in [-0.15, -0.1) is 0 Å². The molecule has 3 atom stereocenters. The zero-order valence-corrected chi connectivity index (χ0v) is 22.7. The molecule has 40 heavy (non-hydrogen) atoms. The second kappa shape index (κ2) is 18.1. The van der Waals surface area contributed by atoms with E-state index < -0.39 is 11.9 Å². The molecule has 6 heteroatoms. The maximum absolute atomic E-state index is 10.4. The van der Waals surface area contributed by atoms with E-state index in [0.717, 1.165) is 12.8 Å². The Morgan fingerprint density at radius 1 is 0.600 bits per heavy atom. The fourth-order valence-electron chi connectivity index (χ4n) is 4.24. The first-order valence-corrected chi connectivity index (χ1v) is 13.3. The zero-order valence-electron chi connectivity index (χ0n) is 22.7. The quantitative estimate of drug-likeness (QED) is 0.189. The minimum absolute atomic E-state index is 0.0672. The van der Waals surface area contributed by atoms with Gasteiger partial charge >= 0.3 is 11.9 Å². The van der Waals surface area contributed by atoms with Gasteiger partial charge in [0, 0.05) is 6.61 Å². The first-order valence-electron chi connectivity index (χ1n) is 13.3. The summed E-state index contributed by atoms with van der Waals surface area (Å²) in [7, 11) is 0. The van der Waals surface area contributed by atoms with Crippen molar-refractivity contribution in [3.63, 3.8) is 0 Å². The zero-order chi connectivity index (χ0) is 29.2. The third kappa shape index (κ3) is 11.6. The third-order valence-electron chi connectivity index (χ3n) is 6.45. The number of aliphatic hydroxyl groups is 2. The smallest absolute Gasteiger partial charge is 0.335 e. The van der Waals surface area contributed by atoms with Crippen molar-refractivity contribution >= 4 is 11.9 Å². The predicted octanol–water partition coefficient (Wildman–Crippen LogP) is 6.24. The van der Waals surface area contributed by atoms with E-state index in [1.165, 1.54) is 11.1 Å². The normalized spacial score (nSPS) is 12.4. The fourth-order valence-corrected chi connectivity index (χ4v) is 4.24. The molecule has 0 aromatic heterocycles. The summed E-state index contributed by atoms with van der Waals surface area (Å²) in [5.41, 5.74) is 3.09. The summed E-state index contributed by atoms with van der Waals surface area (Å²) in [6, 6.07) is 37.0. The van der Waals surface area contributed by atoms with Gasteiger partial charge in [-0.25, -0.2) is 9.59 Å². The van der Waals surface area contributed by atoms with Crippen molar-refractivity contribution in [3.05, 3.63) is 144 Å². The van der Waals surface area contributed by atoms with E-state index in [-0.39, 0.29) is 24.5 Å². The Morgan fingerprint density at radius 3 is 1.25 bits per heavy atom. The van der Waals surface area contributed by atoms with E-state index in [4.69, 9.17) is 10.2 Å². The van der Waals surface area contributed by atoms with Crippen molar-refractivity contribution in [2.24, 2.45) is 11.8 Å². The molecule has 0 aliphatic carbocycles. The van der Waals surface area contributed by atoms with Crippen LogP contribution in [0.2, 0.25) is 0 Å². The lowest BCUT2D eigenvalue weighted by Gasteiger charge is -2.30. The highest BCUT2D eigenvalue weighted by molar-refractivity contribution is 5.87. The van der Waals surface area contributed by atoms with Gasteiger partial charge in [-0.1, -0.05) is 104 Å². The van der Waals surface area contributed by atoms with E-state index in [1.54, 1.807) is 60.7 Å². The van der Waals surface area contributed by atoms with Crippen molar-refractivity contribution in [2.45, 2.75) is 32.3 Å². The molecule has 210 valence electrons. The molecule has 0 fully saturated rings. The van der Waals surface area contributed by atoms with E-state index >= 15 is 0 Å². The largest absolute Gasteiger partial charge is 0.478 e. The third-order valence-corrected chi connectivity index (χ3v) is 6.45. The van der Waals surface area contributed by atoms with Gasteiger partial charge in [0.2, 0.25) is 0 Å². The minimum Gasteiger partial charge on any atom is -0.478 e. The number of aromatic carboxylic acids is 2. The molecule has 0 saturated carbocycles. The van der Waals surface area contributed by atoms with Crippen molar-refractivity contribution in [2.75, 3.05) is 6.61 Å². The van der Waals surface area contributed by atoms with Crippen LogP contribution in [0.4, 0.5) is 0 Å². The van der Waals surface area contributed by atoms with Gasteiger partial charge in [-0.2, -0.15) is 0 Å². The van der Waals surface area contributed by atoms with Crippen molar-refractivity contribution in [3.8, 4) is 0 Å². The van der Waals surface area contributed by atoms with Crippen molar-refractivity contribution < 1.29 is 30.0 Å². The summed E-state index contributed by atoms with van der Waals surface area (Å²) in [5, 5.41) is 37.1. The highest BCUT2D eigenvalue weighted by Crippen LogP contribution is 2.26. The molecule has 0 aliphatic heterocycles. The summed E-state index contributed by atoms with van der Waals surface area (Å²) in [6.07, 6.45) is 1.92. The number of carboxylic acids is 2. The first-order chi connectivity index (χ1) is 19.3. The van der Waals surface area contributed by atoms with Crippen LogP contribution < -0.4 is 0 Å². The molecule has 0 heterocycles. The number of carboxylic acid groups (broad SMARTS) is 2. The number of benzene rings is 4. The van der Waals surface area contributed by atoms with Crippen molar-refractivity contribution in [1.29, 1.82) is 0 Å². The summed E-state index contributed by atoms with van der Waals surface area (Å²) in [5.74, 6) is -1.62. The summed E-state index contributed by atoms with van der Waals surface area (Å²) < 4.78 is 0. The van der Waals surface area contributed by atoms with Crippen LogP contribution in [0.25, 0.3) is 0 Å². The lowest BCUT2D eigenvalue weighted by atomic mass is 9.79. The lowest BCUT2D eigenvalue weighted by molar-refractivity contribution is 0.0453. The predicted molar refractivity (Wildman–Crippen MR) is 157 cm³/mol. The number of aliphatic hydroxyl groups excluding tert-OH is 2. The van der Waals surface area contributed by atoms with Crippen LogP contribution in [-0.2, 0) is 12.8 Å². The Bertz CT molecular complexity index is 1180. The molecule has 3 unspecified atom stereocenters. The molecule has 0 saturated heterocycles. The van der Waals surface area contributed by atoms with Crippen LogP contribution in [0.15, 0.2) is 121 Å². The van der Waals surface area contributed by atoms with Crippen LogP contribution in [-0.4, -0.2) is 45.1 Å². The van der Waals surface area contributed by atoms with Gasteiger partial charge in [0.15, 0.2) is 0 Å². The molecule has 6 nitrogen and oxygen atoms in total. The topological polar surface area (TPSA) is 115 Å². The Kier molecular flexibility index (Phi) is 14.5. The molecule has 0 amide bonds. The summed E-state index contributed by atoms with van der Waals surface area (Å²) in [6.45, 7) is 2.10. The molecule has 0 aliphatic rings. The standard InChI is InChI=1S/C20H26O2.2C7H6O2/c1-2-20(22)19(14-17-11-7-4-8-12-17)18(15-21)13-16-9-5-3-6-10-16;2*8-7(9)6-4-2-1-3-5-6/h3-12,18-22H,2,13-15H2,1H3;2*1-5H,(H,8,9). The second-order valence-corrected chi connectivity index (χ2v) is 9.30. The molecular formula is C34H38O6. The molecule has 0 bridgehead atoms. The Balaban J connectivity index is 0.000000254. The van der Waals surface area contributed by atoms with Crippen LogP contribution in [0.1, 0.15) is 45.2 Å². The number of hydrogen-bond donors (Lipinski definition) is 4. The molecule has 0 spiro atoms. The Hall–Kier alpha value is -4.26. The van der Waals surface area contributed by atoms with Crippen LogP contribution >= 0.6 is 0 Å². The average Bonchev–Trinajstić information content (AvgIpc) is 3.01. The minimum atomic E-state index is -0.879. The summed E-state index contributed by atoms with van der Waals surface area (Å²) in [4.78, 5) is 20.4. The molecule has 4 N–H and O–H groups in total. The molecule has 4 aromatic rings. The maximum atomic E-state index is 10.4. The second-order valence-electron chi connectivity index (χ2n) is 9.30. The van der Waals surface area contributed by atoms with Crippen LogP contribution in [0.3, 0.4) is 0 Å². The van der Waals surface area contributed by atoms with Gasteiger partial charge in [-0.3, -0.25) is 0 Å². The van der Waals surface area contributed by atoms with E-state index in [2.05, 4.69) is 24.3 Å². The van der Waals surface area contributed by atoms with Crippen LogP contribution in [0, 0.1) is 11.8 Å². The van der Waals surface area contributed by atoms with Gasteiger partial charge in [0.1, 0.15) is 0 Å². The van der Waals surface area contributed by atoms with Gasteiger partial charge in [0.05, 0.1) is 17.2 Å². The first kappa shape index (κ1) is 32.0. The maximum Gasteiger partial charge on any atom is 0.335 e. The van der Waals surface area contributed by atoms with E-state index in [1.807, 2.05) is 43.3 Å². The Labute approximate surface area is 236 Å². The van der Waals surface area contributed by atoms with Crippen LogP contribution in [0.5, 0.6) is 0 Å². The molecule has 0 radical (unpaired) electrons. The molecule has 4 rings (SSSR count). The molecule has 4 aromatic carbocycles. The number of hydrogen-bond acceptors (Lipinski definition) is 4. The monoisotopic (exact) mass is 542 g/mol. The van der Waals surface area contributed by atoms with E-state index in [0.29, 0.717) is 17.5 Å². The molecular weight excluding hydrogens is 504 g/mol. The number of rotatable bonds is 10. The number of carbonyl (C=O) groups is 2. The van der Waals surface area contributed by atoms with Gasteiger partial charge < -0.3 is 20.4 Å². The SMILES string of the molecule is CCC(O)C(Cc1ccccc1)C(CO)Cc1ccccc1.O=C(O)c1ccccc1.O=C(O)c1ccccc1. The highest BCUT2D eigenvalue weighted by Gasteiger charge is 2.27. The fraction of sp³-hybridized carbons (Fsp3) is 0.235. The highest BCUT2D eigenvalue weighted by atomic mass is 16.4.